The molecule has 34 heavy (non-hydrogen) atoms. The lowest BCUT2D eigenvalue weighted by Crippen LogP contribution is -2.57. The second kappa shape index (κ2) is 8.66. The number of nitrogens with zero attached hydrogens (tertiary/aromatic N) is 2. The molecule has 1 atom stereocenters. The van der Waals surface area contributed by atoms with Gasteiger partial charge in [-0.15, -0.1) is 0 Å². The molecule has 4 nitrogen and oxygen atoms in total. The van der Waals surface area contributed by atoms with Crippen molar-refractivity contribution in [2.45, 2.75) is 136 Å². The van der Waals surface area contributed by atoms with Gasteiger partial charge in [-0.1, -0.05) is 33.1 Å². The SMILES string of the molecule is CC(NC(=O)C(C)(C)Cc1nn(C2CCCCC2)c2c1CCCC2)C12CC3CC(CC(C3)C1)C2. The summed E-state index contributed by atoms with van der Waals surface area (Å²) in [5, 5.41) is 8.83. The second-order valence-electron chi connectivity index (χ2n) is 13.9. The molecular formula is C30H47N3O. The van der Waals surface area contributed by atoms with Crippen LogP contribution >= 0.6 is 0 Å². The van der Waals surface area contributed by atoms with E-state index in [4.69, 9.17) is 5.10 Å². The Morgan fingerprint density at radius 1 is 1.00 bits per heavy atom. The minimum atomic E-state index is -0.423. The van der Waals surface area contributed by atoms with Gasteiger partial charge in [-0.25, -0.2) is 0 Å². The third-order valence-corrected chi connectivity index (χ3v) is 10.8. The van der Waals surface area contributed by atoms with Crippen LogP contribution in [-0.4, -0.2) is 21.7 Å². The van der Waals surface area contributed by atoms with E-state index in [1.165, 1.54) is 107 Å². The molecule has 188 valence electrons. The van der Waals surface area contributed by atoms with Crippen LogP contribution in [0.15, 0.2) is 0 Å². The topological polar surface area (TPSA) is 46.9 Å². The highest BCUT2D eigenvalue weighted by atomic mass is 16.2. The Hall–Kier alpha value is -1.32. The highest BCUT2D eigenvalue weighted by Crippen LogP contribution is 2.61. The molecule has 0 spiro atoms. The van der Waals surface area contributed by atoms with E-state index in [1.54, 1.807) is 0 Å². The van der Waals surface area contributed by atoms with Gasteiger partial charge >= 0.3 is 0 Å². The number of carbonyl (C=O) groups is 1. The highest BCUT2D eigenvalue weighted by molar-refractivity contribution is 5.82. The molecule has 1 heterocycles. The summed E-state index contributed by atoms with van der Waals surface area (Å²) < 4.78 is 2.43. The van der Waals surface area contributed by atoms with Crippen molar-refractivity contribution >= 4 is 5.91 Å². The maximum absolute atomic E-state index is 13.7. The van der Waals surface area contributed by atoms with Crippen molar-refractivity contribution in [3.05, 3.63) is 17.0 Å². The van der Waals surface area contributed by atoms with Crippen LogP contribution in [0, 0.1) is 28.6 Å². The molecule has 7 rings (SSSR count). The summed E-state index contributed by atoms with van der Waals surface area (Å²) in [6.07, 6.45) is 20.7. The number of rotatable bonds is 6. The van der Waals surface area contributed by atoms with Gasteiger partial charge in [0.2, 0.25) is 5.91 Å². The van der Waals surface area contributed by atoms with Gasteiger partial charge in [0.05, 0.1) is 11.7 Å². The quantitative estimate of drug-likeness (QED) is 0.517. The molecule has 1 aromatic rings. The monoisotopic (exact) mass is 465 g/mol. The number of aromatic nitrogens is 2. The van der Waals surface area contributed by atoms with E-state index in [9.17, 15) is 4.79 Å². The van der Waals surface area contributed by atoms with Crippen molar-refractivity contribution in [1.82, 2.24) is 15.1 Å². The van der Waals surface area contributed by atoms with Crippen LogP contribution in [0.3, 0.4) is 0 Å². The summed E-state index contributed by atoms with van der Waals surface area (Å²) >= 11 is 0. The van der Waals surface area contributed by atoms with E-state index in [-0.39, 0.29) is 5.91 Å². The predicted molar refractivity (Wildman–Crippen MR) is 137 cm³/mol. The van der Waals surface area contributed by atoms with E-state index in [0.717, 1.165) is 30.6 Å². The summed E-state index contributed by atoms with van der Waals surface area (Å²) in [5.74, 6) is 3.02. The summed E-state index contributed by atoms with van der Waals surface area (Å²) in [5.41, 5.74) is 4.16. The summed E-state index contributed by atoms with van der Waals surface area (Å²) in [6, 6.07) is 0.879. The fourth-order valence-electron chi connectivity index (χ4n) is 9.23. The van der Waals surface area contributed by atoms with E-state index < -0.39 is 5.41 Å². The minimum absolute atomic E-state index is 0.243. The normalized spacial score (nSPS) is 34.1. The van der Waals surface area contributed by atoms with Crippen LogP contribution < -0.4 is 5.32 Å². The van der Waals surface area contributed by atoms with Crippen LogP contribution in [0.25, 0.3) is 0 Å². The molecule has 6 aliphatic carbocycles. The molecular weight excluding hydrogens is 418 g/mol. The Balaban J connectivity index is 1.18. The Morgan fingerprint density at radius 2 is 1.62 bits per heavy atom. The Labute approximate surface area is 207 Å². The van der Waals surface area contributed by atoms with Crippen molar-refractivity contribution in [1.29, 1.82) is 0 Å². The van der Waals surface area contributed by atoms with E-state index in [2.05, 4.69) is 30.8 Å². The van der Waals surface area contributed by atoms with Gasteiger partial charge in [-0.05, 0) is 113 Å². The number of nitrogens with one attached hydrogen (secondary N) is 1. The van der Waals surface area contributed by atoms with Gasteiger partial charge in [0, 0.05) is 23.6 Å². The smallest absolute Gasteiger partial charge is 0.226 e. The van der Waals surface area contributed by atoms with Crippen molar-refractivity contribution in [3.8, 4) is 0 Å². The Bertz CT molecular complexity index is 886. The van der Waals surface area contributed by atoms with Crippen molar-refractivity contribution in [2.75, 3.05) is 0 Å². The summed E-state index contributed by atoms with van der Waals surface area (Å²) in [7, 11) is 0. The lowest BCUT2D eigenvalue weighted by Gasteiger charge is -2.59. The first-order valence-corrected chi connectivity index (χ1v) is 14.7. The largest absolute Gasteiger partial charge is 0.353 e. The number of carbonyl (C=O) groups excluding carboxylic acids is 1. The van der Waals surface area contributed by atoms with Crippen LogP contribution in [-0.2, 0) is 24.1 Å². The molecule has 0 radical (unpaired) electrons. The average molecular weight is 466 g/mol. The first-order chi connectivity index (χ1) is 16.3. The third kappa shape index (κ3) is 4.05. The Morgan fingerprint density at radius 3 is 2.26 bits per heavy atom. The van der Waals surface area contributed by atoms with Crippen molar-refractivity contribution in [2.24, 2.45) is 28.6 Å². The van der Waals surface area contributed by atoms with Crippen LogP contribution in [0.2, 0.25) is 0 Å². The molecule has 4 heteroatoms. The van der Waals surface area contributed by atoms with E-state index >= 15 is 0 Å². The fourth-order valence-corrected chi connectivity index (χ4v) is 9.23. The van der Waals surface area contributed by atoms with Gasteiger partial charge in [0.1, 0.15) is 0 Å². The standard InChI is InChI=1S/C30H47N3O/c1-20(30-16-21-13-22(17-30)15-23(14-21)18-30)31-28(34)29(2,3)19-26-25-11-7-8-12-27(25)33(32-26)24-9-5-4-6-10-24/h20-24H,4-19H2,1-3H3,(H,31,34). The molecule has 6 aliphatic rings. The molecule has 1 amide bonds. The summed E-state index contributed by atoms with van der Waals surface area (Å²) in [6.45, 7) is 6.63. The number of hydrogen-bond donors (Lipinski definition) is 1. The lowest BCUT2D eigenvalue weighted by atomic mass is 9.48. The van der Waals surface area contributed by atoms with Crippen LogP contribution in [0.4, 0.5) is 0 Å². The van der Waals surface area contributed by atoms with Crippen LogP contribution in [0.1, 0.15) is 127 Å². The van der Waals surface area contributed by atoms with Crippen LogP contribution in [0.5, 0.6) is 0 Å². The molecule has 1 unspecified atom stereocenters. The maximum Gasteiger partial charge on any atom is 0.226 e. The minimum Gasteiger partial charge on any atom is -0.353 e. The van der Waals surface area contributed by atoms with Gasteiger partial charge in [0.15, 0.2) is 0 Å². The fraction of sp³-hybridized carbons (Fsp3) is 0.867. The second-order valence-corrected chi connectivity index (χ2v) is 13.9. The molecule has 5 fully saturated rings. The van der Waals surface area contributed by atoms with Gasteiger partial charge in [0.25, 0.3) is 0 Å². The lowest BCUT2D eigenvalue weighted by molar-refractivity contribution is -0.134. The molecule has 1 N–H and O–H groups in total. The van der Waals surface area contributed by atoms with E-state index in [0.29, 0.717) is 17.5 Å². The first-order valence-electron chi connectivity index (χ1n) is 14.7. The maximum atomic E-state index is 13.7. The molecule has 0 aromatic carbocycles. The number of amides is 1. The molecule has 0 aliphatic heterocycles. The van der Waals surface area contributed by atoms with Crippen molar-refractivity contribution < 1.29 is 4.79 Å². The van der Waals surface area contributed by atoms with Crippen molar-refractivity contribution in [3.63, 3.8) is 0 Å². The van der Waals surface area contributed by atoms with Gasteiger partial charge in [-0.2, -0.15) is 5.10 Å². The zero-order valence-electron chi connectivity index (χ0n) is 22.0. The first kappa shape index (κ1) is 23.1. The van der Waals surface area contributed by atoms with Gasteiger partial charge in [-0.3, -0.25) is 9.48 Å². The third-order valence-electron chi connectivity index (χ3n) is 10.8. The molecule has 1 aromatic heterocycles. The number of fused-ring (bicyclic) bond motifs is 1. The predicted octanol–water partition coefficient (Wildman–Crippen LogP) is 6.56. The molecule has 0 saturated heterocycles. The molecule has 4 bridgehead atoms. The zero-order chi connectivity index (χ0) is 23.5. The zero-order valence-corrected chi connectivity index (χ0v) is 22.0. The van der Waals surface area contributed by atoms with E-state index in [1.807, 2.05) is 0 Å². The summed E-state index contributed by atoms with van der Waals surface area (Å²) in [4.78, 5) is 13.7. The molecule has 5 saturated carbocycles. The van der Waals surface area contributed by atoms with Gasteiger partial charge < -0.3 is 5.32 Å². The Kier molecular flexibility index (Phi) is 5.88. The highest BCUT2D eigenvalue weighted by Gasteiger charge is 2.53. The average Bonchev–Trinajstić information content (AvgIpc) is 3.16. The number of hydrogen-bond acceptors (Lipinski definition) is 2.